The molecule has 2 aromatic carbocycles. The summed E-state index contributed by atoms with van der Waals surface area (Å²) < 4.78 is 0. The highest BCUT2D eigenvalue weighted by molar-refractivity contribution is 8.14. The lowest BCUT2D eigenvalue weighted by Gasteiger charge is -2.29. The van der Waals surface area contributed by atoms with E-state index in [1.54, 1.807) is 6.92 Å². The Labute approximate surface area is 212 Å². The van der Waals surface area contributed by atoms with Crippen LogP contribution >= 0.6 is 23.1 Å². The van der Waals surface area contributed by atoms with E-state index in [-0.39, 0.29) is 17.6 Å². The molecule has 0 saturated carbocycles. The highest BCUT2D eigenvalue weighted by atomic mass is 32.2. The van der Waals surface area contributed by atoms with Gasteiger partial charge in [-0.1, -0.05) is 54.2 Å². The van der Waals surface area contributed by atoms with E-state index in [0.29, 0.717) is 22.0 Å². The van der Waals surface area contributed by atoms with Crippen LogP contribution in [0.25, 0.3) is 0 Å². The molecule has 3 aromatic rings. The number of benzene rings is 2. The third kappa shape index (κ3) is 5.70. The van der Waals surface area contributed by atoms with Crippen molar-refractivity contribution in [3.8, 4) is 6.07 Å². The van der Waals surface area contributed by atoms with Crippen molar-refractivity contribution >= 4 is 51.3 Å². The Bertz CT molecular complexity index is 1320. The number of para-hydroxylation sites is 2. The van der Waals surface area contributed by atoms with Crippen molar-refractivity contribution in [1.82, 2.24) is 0 Å². The number of nitriles is 1. The van der Waals surface area contributed by atoms with Gasteiger partial charge < -0.3 is 10.6 Å². The number of aryl methyl sites for hydroxylation is 1. The zero-order valence-electron chi connectivity index (χ0n) is 19.3. The zero-order valence-corrected chi connectivity index (χ0v) is 21.0. The molecule has 0 radical (unpaired) electrons. The zero-order chi connectivity index (χ0) is 24.8. The molecule has 35 heavy (non-hydrogen) atoms. The first kappa shape index (κ1) is 24.5. The van der Waals surface area contributed by atoms with Crippen LogP contribution in [0.1, 0.15) is 23.3 Å². The van der Waals surface area contributed by atoms with Gasteiger partial charge in [0.05, 0.1) is 16.9 Å². The fourth-order valence-electron chi connectivity index (χ4n) is 3.92. The van der Waals surface area contributed by atoms with Crippen LogP contribution in [0, 0.1) is 24.2 Å². The smallest absolute Gasteiger partial charge is 0.254 e. The molecule has 1 aliphatic rings. The average molecular weight is 501 g/mol. The lowest BCUT2D eigenvalue weighted by molar-refractivity contribution is -0.114. The van der Waals surface area contributed by atoms with Crippen molar-refractivity contribution in [1.29, 1.82) is 5.26 Å². The van der Waals surface area contributed by atoms with Crippen LogP contribution in [0.15, 0.2) is 88.4 Å². The number of carbonyl (C=O) groups excluding carboxylic acids is 2. The normalized spacial score (nSPS) is 17.3. The topological polar surface area (TPSA) is 94.4 Å². The number of allylic oxidation sites excluding steroid dienone is 1. The molecular weight excluding hydrogens is 476 g/mol. The van der Waals surface area contributed by atoms with E-state index in [1.807, 2.05) is 79.0 Å². The number of thiophene rings is 1. The van der Waals surface area contributed by atoms with Gasteiger partial charge in [-0.25, -0.2) is 4.99 Å². The van der Waals surface area contributed by atoms with Crippen LogP contribution in [0.3, 0.4) is 0 Å². The molecule has 0 bridgehead atoms. The number of amides is 2. The van der Waals surface area contributed by atoms with Gasteiger partial charge in [0, 0.05) is 33.4 Å². The number of nitrogens with zero attached hydrogens (tertiary/aromatic N) is 2. The maximum atomic E-state index is 13.3. The standard InChI is InChI=1S/C27H24N4O2S2/c1-17-9-6-7-12-21(17)31-23(32)16-35-27-20(15-28)25(22-13-8-14-34-22)24(18(2)29-27)26(33)30-19-10-4-3-5-11-19/h3-14,20,25H,16H2,1-2H3,(H,30,33)(H,31,32). The van der Waals surface area contributed by atoms with Gasteiger partial charge >= 0.3 is 0 Å². The molecule has 8 heteroatoms. The van der Waals surface area contributed by atoms with E-state index in [4.69, 9.17) is 0 Å². The molecule has 2 unspecified atom stereocenters. The van der Waals surface area contributed by atoms with Gasteiger partial charge in [0.15, 0.2) is 0 Å². The second-order valence-electron chi connectivity index (χ2n) is 8.02. The first-order valence-electron chi connectivity index (χ1n) is 11.0. The molecule has 1 aliphatic heterocycles. The Morgan fingerprint density at radius 3 is 2.46 bits per heavy atom. The van der Waals surface area contributed by atoms with Crippen molar-refractivity contribution < 1.29 is 9.59 Å². The van der Waals surface area contributed by atoms with Crippen molar-refractivity contribution in [3.63, 3.8) is 0 Å². The molecule has 4 rings (SSSR count). The Hall–Kier alpha value is -3.67. The van der Waals surface area contributed by atoms with Crippen LogP contribution in [0.5, 0.6) is 0 Å². The van der Waals surface area contributed by atoms with Gasteiger partial charge in [0.25, 0.3) is 5.91 Å². The number of thioether (sulfide) groups is 1. The third-order valence-corrected chi connectivity index (χ3v) is 7.62. The molecule has 1 aromatic heterocycles. The first-order valence-corrected chi connectivity index (χ1v) is 12.9. The van der Waals surface area contributed by atoms with E-state index in [1.165, 1.54) is 23.1 Å². The SMILES string of the molecule is CC1=C(C(=O)Nc2ccccc2)C(c2cccs2)C(C#N)C(SCC(=O)Nc2ccccc2C)=N1. The molecular formula is C27H24N4O2S2. The van der Waals surface area contributed by atoms with Crippen LogP contribution in [0.4, 0.5) is 11.4 Å². The quantitative estimate of drug-likeness (QED) is 0.436. The molecule has 6 nitrogen and oxygen atoms in total. The van der Waals surface area contributed by atoms with Crippen molar-refractivity contribution in [2.24, 2.45) is 10.9 Å². The fraction of sp³-hybridized carbons (Fsp3) is 0.185. The number of hydrogen-bond acceptors (Lipinski definition) is 6. The second-order valence-corrected chi connectivity index (χ2v) is 10.00. The number of rotatable bonds is 6. The number of aliphatic imine (C=N–C) groups is 1. The number of carbonyl (C=O) groups is 2. The highest BCUT2D eigenvalue weighted by Crippen LogP contribution is 2.43. The summed E-state index contributed by atoms with van der Waals surface area (Å²) >= 11 is 2.74. The average Bonchev–Trinajstić information content (AvgIpc) is 3.39. The fourth-order valence-corrected chi connectivity index (χ4v) is 5.71. The largest absolute Gasteiger partial charge is 0.325 e. The van der Waals surface area contributed by atoms with Gasteiger partial charge in [0.2, 0.25) is 5.91 Å². The van der Waals surface area contributed by atoms with Crippen LogP contribution in [-0.4, -0.2) is 22.6 Å². The molecule has 0 aliphatic carbocycles. The predicted molar refractivity (Wildman–Crippen MR) is 144 cm³/mol. The molecule has 0 saturated heterocycles. The third-order valence-electron chi connectivity index (χ3n) is 5.61. The maximum absolute atomic E-state index is 13.3. The molecule has 2 atom stereocenters. The van der Waals surface area contributed by atoms with Gasteiger partial charge in [-0.3, -0.25) is 9.59 Å². The molecule has 2 amide bonds. The van der Waals surface area contributed by atoms with Crippen molar-refractivity contribution in [2.75, 3.05) is 16.4 Å². The Balaban J connectivity index is 1.59. The van der Waals surface area contributed by atoms with E-state index < -0.39 is 11.8 Å². The van der Waals surface area contributed by atoms with E-state index >= 15 is 0 Å². The number of hydrogen-bond donors (Lipinski definition) is 2. The Kier molecular flexibility index (Phi) is 7.80. The summed E-state index contributed by atoms with van der Waals surface area (Å²) in [6.45, 7) is 3.71. The summed E-state index contributed by atoms with van der Waals surface area (Å²) in [5.41, 5.74) is 3.42. The van der Waals surface area contributed by atoms with Crippen LogP contribution < -0.4 is 10.6 Å². The minimum Gasteiger partial charge on any atom is -0.325 e. The summed E-state index contributed by atoms with van der Waals surface area (Å²) in [6, 6.07) is 23.0. The van der Waals surface area contributed by atoms with Gasteiger partial charge in [-0.15, -0.1) is 11.3 Å². The van der Waals surface area contributed by atoms with E-state index in [2.05, 4.69) is 21.7 Å². The summed E-state index contributed by atoms with van der Waals surface area (Å²) in [4.78, 5) is 31.5. The monoisotopic (exact) mass is 500 g/mol. The highest BCUT2D eigenvalue weighted by Gasteiger charge is 2.39. The minimum absolute atomic E-state index is 0.112. The van der Waals surface area contributed by atoms with Gasteiger partial charge in [-0.2, -0.15) is 5.26 Å². The minimum atomic E-state index is -0.676. The van der Waals surface area contributed by atoms with Crippen molar-refractivity contribution in [2.45, 2.75) is 19.8 Å². The first-order chi connectivity index (χ1) is 17.0. The second kappa shape index (κ2) is 11.2. The summed E-state index contributed by atoms with van der Waals surface area (Å²) in [5.74, 6) is -1.49. The van der Waals surface area contributed by atoms with Crippen molar-refractivity contribution in [3.05, 3.63) is 93.8 Å². The predicted octanol–water partition coefficient (Wildman–Crippen LogP) is 5.98. The number of nitrogens with one attached hydrogen (secondary N) is 2. The Morgan fingerprint density at radius 2 is 1.77 bits per heavy atom. The van der Waals surface area contributed by atoms with Gasteiger partial charge in [0.1, 0.15) is 5.92 Å². The lowest BCUT2D eigenvalue weighted by atomic mass is 9.82. The lowest BCUT2D eigenvalue weighted by Crippen LogP contribution is -2.31. The molecule has 176 valence electrons. The summed E-state index contributed by atoms with van der Waals surface area (Å²) in [7, 11) is 0. The molecule has 0 spiro atoms. The number of anilines is 2. The molecule has 2 heterocycles. The summed E-state index contributed by atoms with van der Waals surface area (Å²) in [5, 5.41) is 18.5. The summed E-state index contributed by atoms with van der Waals surface area (Å²) in [6.07, 6.45) is 0. The molecule has 0 fully saturated rings. The van der Waals surface area contributed by atoms with E-state index in [9.17, 15) is 14.9 Å². The Morgan fingerprint density at radius 1 is 1.03 bits per heavy atom. The van der Waals surface area contributed by atoms with E-state index in [0.717, 1.165) is 16.1 Å². The van der Waals surface area contributed by atoms with Crippen LogP contribution in [-0.2, 0) is 9.59 Å². The molecule has 2 N–H and O–H groups in total. The van der Waals surface area contributed by atoms with Crippen LogP contribution in [0.2, 0.25) is 0 Å². The maximum Gasteiger partial charge on any atom is 0.254 e. The van der Waals surface area contributed by atoms with Gasteiger partial charge in [-0.05, 0) is 49.1 Å².